The SMILES string of the molecule is C[C@]12C[C@H]3O[C@H]3CC1CCC1C2CC[C@]2(C)C(=O)[C@@H](N3CCCC3)CC12. The van der Waals surface area contributed by atoms with Crippen LogP contribution in [0, 0.1) is 34.5 Å². The van der Waals surface area contributed by atoms with E-state index in [0.29, 0.717) is 29.3 Å². The molecule has 0 N–H and O–H groups in total. The summed E-state index contributed by atoms with van der Waals surface area (Å²) >= 11 is 0. The van der Waals surface area contributed by atoms with Gasteiger partial charge in [0.25, 0.3) is 0 Å². The maximum Gasteiger partial charge on any atom is 0.156 e. The zero-order valence-corrected chi connectivity index (χ0v) is 16.6. The number of likely N-dealkylation sites (tertiary alicyclic amines) is 1. The Morgan fingerprint density at radius 2 is 1.81 bits per heavy atom. The number of nitrogens with zero attached hydrogens (tertiary/aromatic N) is 1. The monoisotopic (exact) mass is 357 g/mol. The molecule has 144 valence electrons. The summed E-state index contributed by atoms with van der Waals surface area (Å²) in [7, 11) is 0. The summed E-state index contributed by atoms with van der Waals surface area (Å²) in [4.78, 5) is 16.0. The molecule has 2 aliphatic heterocycles. The van der Waals surface area contributed by atoms with Crippen molar-refractivity contribution in [2.75, 3.05) is 13.1 Å². The van der Waals surface area contributed by atoms with E-state index in [9.17, 15) is 4.79 Å². The second-order valence-corrected chi connectivity index (χ2v) is 11.1. The van der Waals surface area contributed by atoms with Crippen molar-refractivity contribution in [1.29, 1.82) is 0 Å². The topological polar surface area (TPSA) is 32.8 Å². The van der Waals surface area contributed by atoms with Gasteiger partial charge in [-0.15, -0.1) is 0 Å². The summed E-state index contributed by atoms with van der Waals surface area (Å²) in [6.07, 6.45) is 12.8. The highest BCUT2D eigenvalue weighted by Crippen LogP contribution is 2.67. The van der Waals surface area contributed by atoms with Gasteiger partial charge in [0, 0.05) is 5.41 Å². The van der Waals surface area contributed by atoms with Gasteiger partial charge in [0.15, 0.2) is 5.78 Å². The summed E-state index contributed by atoms with van der Waals surface area (Å²) < 4.78 is 5.96. The van der Waals surface area contributed by atoms with Gasteiger partial charge in [-0.1, -0.05) is 13.8 Å². The number of ether oxygens (including phenoxy) is 1. The van der Waals surface area contributed by atoms with Crippen molar-refractivity contribution >= 4 is 5.78 Å². The molecule has 0 spiro atoms. The van der Waals surface area contributed by atoms with Gasteiger partial charge in [0.1, 0.15) is 0 Å². The lowest BCUT2D eigenvalue weighted by Crippen LogP contribution is -2.53. The molecule has 3 nitrogen and oxygen atoms in total. The predicted octanol–water partition coefficient (Wildman–Crippen LogP) is 4.05. The number of ketones is 1. The lowest BCUT2D eigenvalue weighted by Gasteiger charge is -2.58. The van der Waals surface area contributed by atoms with Crippen molar-refractivity contribution in [2.45, 2.75) is 89.9 Å². The largest absolute Gasteiger partial charge is 0.370 e. The molecule has 0 radical (unpaired) electrons. The van der Waals surface area contributed by atoms with Crippen LogP contribution >= 0.6 is 0 Å². The fourth-order valence-electron chi connectivity index (χ4n) is 8.68. The molecule has 6 fully saturated rings. The molecule has 4 aliphatic carbocycles. The summed E-state index contributed by atoms with van der Waals surface area (Å²) in [5, 5.41) is 0. The third kappa shape index (κ3) is 2.05. The number of carbonyl (C=O) groups is 1. The van der Waals surface area contributed by atoms with E-state index in [4.69, 9.17) is 4.74 Å². The highest BCUT2D eigenvalue weighted by molar-refractivity contribution is 5.92. The highest BCUT2D eigenvalue weighted by atomic mass is 16.6. The Bertz CT molecular complexity index is 628. The second-order valence-electron chi connectivity index (χ2n) is 11.1. The van der Waals surface area contributed by atoms with E-state index >= 15 is 0 Å². The number of hydrogen-bond donors (Lipinski definition) is 0. The van der Waals surface area contributed by atoms with Crippen LogP contribution in [0.1, 0.15) is 71.6 Å². The smallest absolute Gasteiger partial charge is 0.156 e. The average Bonchev–Trinajstić information content (AvgIpc) is 3.02. The van der Waals surface area contributed by atoms with E-state index in [0.717, 1.165) is 37.3 Å². The minimum Gasteiger partial charge on any atom is -0.370 e. The van der Waals surface area contributed by atoms with Crippen molar-refractivity contribution in [3.05, 3.63) is 0 Å². The van der Waals surface area contributed by atoms with Gasteiger partial charge in [-0.3, -0.25) is 9.69 Å². The van der Waals surface area contributed by atoms with E-state index in [1.54, 1.807) is 0 Å². The van der Waals surface area contributed by atoms with Crippen LogP contribution in [0.5, 0.6) is 0 Å². The first-order chi connectivity index (χ1) is 12.5. The number of Topliss-reactive ketones (excluding diaryl/α,β-unsaturated/α-hetero) is 1. The van der Waals surface area contributed by atoms with Crippen LogP contribution in [0.25, 0.3) is 0 Å². The van der Waals surface area contributed by atoms with Gasteiger partial charge in [0.05, 0.1) is 18.2 Å². The van der Waals surface area contributed by atoms with Crippen molar-refractivity contribution in [1.82, 2.24) is 4.90 Å². The molecule has 6 aliphatic rings. The Labute approximate surface area is 158 Å². The quantitative estimate of drug-likeness (QED) is 0.664. The third-order valence-electron chi connectivity index (χ3n) is 10.2. The molecule has 4 unspecified atom stereocenters. The van der Waals surface area contributed by atoms with Gasteiger partial charge in [0.2, 0.25) is 0 Å². The van der Waals surface area contributed by atoms with Crippen molar-refractivity contribution in [3.8, 4) is 0 Å². The second kappa shape index (κ2) is 5.35. The Kier molecular flexibility index (Phi) is 3.40. The third-order valence-corrected chi connectivity index (χ3v) is 10.2. The number of rotatable bonds is 1. The standard InChI is InChI=1S/C23H35NO2/c1-22-8-7-16-15(6-5-14-11-19-20(26-19)13-23(14,16)2)17(22)12-18(21(22)25)24-9-3-4-10-24/h14-20H,3-13H2,1-2H3/t14?,15?,16?,17?,18-,19-,20+,22-,23-/m0/s1. The van der Waals surface area contributed by atoms with Gasteiger partial charge in [-0.25, -0.2) is 0 Å². The number of fused-ring (bicyclic) bond motifs is 6. The van der Waals surface area contributed by atoms with Crippen LogP contribution in [-0.4, -0.2) is 42.0 Å². The van der Waals surface area contributed by atoms with Gasteiger partial charge < -0.3 is 4.74 Å². The summed E-state index contributed by atoms with van der Waals surface area (Å²) in [5.74, 6) is 3.78. The summed E-state index contributed by atoms with van der Waals surface area (Å²) in [6.45, 7) is 7.27. The lowest BCUT2D eigenvalue weighted by molar-refractivity contribution is -0.139. The molecule has 0 amide bonds. The van der Waals surface area contributed by atoms with Gasteiger partial charge in [-0.05, 0) is 100.0 Å². The van der Waals surface area contributed by atoms with Crippen LogP contribution < -0.4 is 0 Å². The molecular weight excluding hydrogens is 322 g/mol. The van der Waals surface area contributed by atoms with Gasteiger partial charge in [-0.2, -0.15) is 0 Å². The zero-order valence-electron chi connectivity index (χ0n) is 16.6. The molecule has 2 heterocycles. The van der Waals surface area contributed by atoms with Crippen LogP contribution in [-0.2, 0) is 9.53 Å². The minimum atomic E-state index is -0.0229. The average molecular weight is 358 g/mol. The molecular formula is C23H35NO2. The van der Waals surface area contributed by atoms with Crippen molar-refractivity contribution in [2.24, 2.45) is 34.5 Å². The van der Waals surface area contributed by atoms with E-state index in [2.05, 4.69) is 18.7 Å². The Balaban J connectivity index is 1.30. The Morgan fingerprint density at radius 1 is 1.00 bits per heavy atom. The molecule has 9 atom stereocenters. The molecule has 0 bridgehead atoms. The molecule has 6 rings (SSSR count). The lowest BCUT2D eigenvalue weighted by atomic mass is 9.45. The minimum absolute atomic E-state index is 0.0229. The molecule has 0 aromatic carbocycles. The zero-order chi connectivity index (χ0) is 17.7. The molecule has 2 saturated heterocycles. The van der Waals surface area contributed by atoms with E-state index in [-0.39, 0.29) is 11.5 Å². The Hall–Kier alpha value is -0.410. The molecule has 26 heavy (non-hydrogen) atoms. The first-order valence-corrected chi connectivity index (χ1v) is 11.4. The molecule has 0 aromatic rings. The van der Waals surface area contributed by atoms with Crippen LogP contribution in [0.3, 0.4) is 0 Å². The van der Waals surface area contributed by atoms with Crippen LogP contribution in [0.2, 0.25) is 0 Å². The van der Waals surface area contributed by atoms with E-state index < -0.39 is 0 Å². The maximum absolute atomic E-state index is 13.5. The molecule has 4 saturated carbocycles. The van der Waals surface area contributed by atoms with Gasteiger partial charge >= 0.3 is 0 Å². The fourth-order valence-corrected chi connectivity index (χ4v) is 8.68. The molecule has 0 aromatic heterocycles. The first kappa shape index (κ1) is 16.5. The van der Waals surface area contributed by atoms with E-state index in [1.807, 2.05) is 0 Å². The normalized spacial score (nSPS) is 58.7. The van der Waals surface area contributed by atoms with Crippen LogP contribution in [0.15, 0.2) is 0 Å². The first-order valence-electron chi connectivity index (χ1n) is 11.4. The summed E-state index contributed by atoms with van der Waals surface area (Å²) in [6, 6.07) is 0.249. The highest BCUT2D eigenvalue weighted by Gasteiger charge is 2.65. The summed E-state index contributed by atoms with van der Waals surface area (Å²) in [5.41, 5.74) is 0.460. The van der Waals surface area contributed by atoms with Crippen LogP contribution in [0.4, 0.5) is 0 Å². The van der Waals surface area contributed by atoms with Crippen molar-refractivity contribution in [3.63, 3.8) is 0 Å². The van der Waals surface area contributed by atoms with E-state index in [1.165, 1.54) is 51.4 Å². The number of hydrogen-bond acceptors (Lipinski definition) is 3. The fraction of sp³-hybridized carbons (Fsp3) is 0.957. The number of carbonyl (C=O) groups excluding carboxylic acids is 1. The maximum atomic E-state index is 13.5. The Morgan fingerprint density at radius 3 is 2.62 bits per heavy atom. The number of epoxide rings is 1. The molecule has 3 heteroatoms. The van der Waals surface area contributed by atoms with Crippen molar-refractivity contribution < 1.29 is 9.53 Å². The predicted molar refractivity (Wildman–Crippen MR) is 101 cm³/mol.